The minimum atomic E-state index is 0.741. The van der Waals surface area contributed by atoms with Gasteiger partial charge in [-0.15, -0.1) is 0 Å². The largest absolute Gasteiger partial charge is 0.296 e. The van der Waals surface area contributed by atoms with Crippen molar-refractivity contribution in [2.24, 2.45) is 5.92 Å². The highest BCUT2D eigenvalue weighted by Crippen LogP contribution is 2.10. The zero-order valence-corrected chi connectivity index (χ0v) is 12.1. The lowest BCUT2D eigenvalue weighted by atomic mass is 10.0. The van der Waals surface area contributed by atoms with Crippen molar-refractivity contribution in [3.63, 3.8) is 0 Å². The Morgan fingerprint density at radius 2 is 1.69 bits per heavy atom. The number of hydrogen-bond acceptors (Lipinski definition) is 1. The quantitative estimate of drug-likeness (QED) is 0.568. The second-order valence-electron chi connectivity index (χ2n) is 4.86. The van der Waals surface area contributed by atoms with Crippen LogP contribution in [0.2, 0.25) is 0 Å². The lowest BCUT2D eigenvalue weighted by Gasteiger charge is -2.12. The van der Waals surface area contributed by atoms with Gasteiger partial charge in [0.1, 0.15) is 0 Å². The van der Waals surface area contributed by atoms with E-state index in [-0.39, 0.29) is 0 Å². The summed E-state index contributed by atoms with van der Waals surface area (Å²) in [5.41, 5.74) is 3.83. The zero-order valence-electron chi connectivity index (χ0n) is 10.5. The van der Waals surface area contributed by atoms with Gasteiger partial charge in [-0.3, -0.25) is 4.90 Å². The van der Waals surface area contributed by atoms with Gasteiger partial charge in [0.25, 0.3) is 0 Å². The Labute approximate surface area is 108 Å². The highest BCUT2D eigenvalue weighted by Gasteiger charge is 2.00. The summed E-state index contributed by atoms with van der Waals surface area (Å²) in [6.45, 7) is 5.63. The summed E-state index contributed by atoms with van der Waals surface area (Å²) in [7, 11) is 2.13. The average molecular weight is 284 g/mol. The molecule has 1 aromatic rings. The molecule has 16 heavy (non-hydrogen) atoms. The van der Waals surface area contributed by atoms with Crippen molar-refractivity contribution in [2.75, 3.05) is 19.0 Å². The molecule has 0 bridgehead atoms. The molecule has 1 nitrogen and oxygen atoms in total. The molecule has 0 heterocycles. The van der Waals surface area contributed by atoms with E-state index in [9.17, 15) is 0 Å². The van der Waals surface area contributed by atoms with Crippen LogP contribution in [0.3, 0.4) is 0 Å². The molecule has 90 valence electrons. The Morgan fingerprint density at radius 1 is 1.12 bits per heavy atom. The lowest BCUT2D eigenvalue weighted by Crippen LogP contribution is -2.18. The van der Waals surface area contributed by atoms with E-state index in [1.54, 1.807) is 0 Å². The second-order valence-corrected chi connectivity index (χ2v) is 5.37. The standard InChI is InChI=1S/C14H22BrN/c1-12(2)10-14-6-4-13(5-7-14)8-9-16(3)11-15/h4-7,12H,8-11H2,1-3H3. The molecule has 0 amide bonds. The third-order valence-corrected chi connectivity index (χ3v) is 3.51. The van der Waals surface area contributed by atoms with Gasteiger partial charge >= 0.3 is 0 Å². The van der Waals surface area contributed by atoms with Crippen LogP contribution in [0.1, 0.15) is 25.0 Å². The highest BCUT2D eigenvalue weighted by atomic mass is 79.9. The first-order valence-electron chi connectivity index (χ1n) is 5.94. The summed E-state index contributed by atoms with van der Waals surface area (Å²) < 4.78 is 0. The minimum absolute atomic E-state index is 0.741. The van der Waals surface area contributed by atoms with Crippen LogP contribution in [0, 0.1) is 5.92 Å². The summed E-state index contributed by atoms with van der Waals surface area (Å²) >= 11 is 3.45. The molecule has 0 N–H and O–H groups in total. The number of alkyl halides is 1. The molecule has 0 unspecified atom stereocenters. The average Bonchev–Trinajstić information content (AvgIpc) is 2.27. The van der Waals surface area contributed by atoms with Crippen LogP contribution in [0.15, 0.2) is 24.3 Å². The molecule has 0 aliphatic rings. The fourth-order valence-corrected chi connectivity index (χ4v) is 1.94. The number of halogens is 1. The Balaban J connectivity index is 2.45. The van der Waals surface area contributed by atoms with Crippen LogP contribution in [0.25, 0.3) is 0 Å². The van der Waals surface area contributed by atoms with Crippen LogP contribution in [-0.2, 0) is 12.8 Å². The third-order valence-electron chi connectivity index (χ3n) is 2.65. The van der Waals surface area contributed by atoms with Gasteiger partial charge in [0.05, 0.1) is 5.45 Å². The van der Waals surface area contributed by atoms with Crippen molar-refractivity contribution in [3.05, 3.63) is 35.4 Å². The Hall–Kier alpha value is -0.340. The summed E-state index contributed by atoms with van der Waals surface area (Å²) in [5, 5.41) is 0. The topological polar surface area (TPSA) is 3.24 Å². The highest BCUT2D eigenvalue weighted by molar-refractivity contribution is 9.09. The molecule has 0 aliphatic carbocycles. The Bertz CT molecular complexity index is 292. The monoisotopic (exact) mass is 283 g/mol. The van der Waals surface area contributed by atoms with E-state index in [0.717, 1.165) is 24.3 Å². The smallest absolute Gasteiger partial charge is 0.0539 e. The molecule has 0 radical (unpaired) electrons. The van der Waals surface area contributed by atoms with E-state index in [2.05, 4.69) is 66.0 Å². The van der Waals surface area contributed by atoms with Crippen LogP contribution in [0.5, 0.6) is 0 Å². The van der Waals surface area contributed by atoms with Gasteiger partial charge in [0.2, 0.25) is 0 Å². The summed E-state index contributed by atoms with van der Waals surface area (Å²) in [6, 6.07) is 9.06. The first-order valence-corrected chi connectivity index (χ1v) is 7.06. The molecule has 2 heteroatoms. The zero-order chi connectivity index (χ0) is 12.0. The van der Waals surface area contributed by atoms with Crippen LogP contribution in [-0.4, -0.2) is 23.9 Å². The predicted octanol–water partition coefficient (Wildman–Crippen LogP) is 3.71. The molecular weight excluding hydrogens is 262 g/mol. The van der Waals surface area contributed by atoms with E-state index in [1.807, 2.05) is 0 Å². The van der Waals surface area contributed by atoms with Gasteiger partial charge in [-0.25, -0.2) is 0 Å². The van der Waals surface area contributed by atoms with Crippen molar-refractivity contribution < 1.29 is 0 Å². The number of likely N-dealkylation sites (N-methyl/N-ethyl adjacent to an activating group) is 1. The number of nitrogens with zero attached hydrogens (tertiary/aromatic N) is 1. The predicted molar refractivity (Wildman–Crippen MR) is 75.1 cm³/mol. The number of rotatable bonds is 6. The van der Waals surface area contributed by atoms with Crippen molar-refractivity contribution >= 4 is 15.9 Å². The van der Waals surface area contributed by atoms with Gasteiger partial charge in [0, 0.05) is 6.54 Å². The van der Waals surface area contributed by atoms with E-state index < -0.39 is 0 Å². The van der Waals surface area contributed by atoms with Gasteiger partial charge in [-0.2, -0.15) is 0 Å². The molecule has 1 aromatic carbocycles. The molecule has 0 aromatic heterocycles. The first kappa shape index (κ1) is 13.7. The van der Waals surface area contributed by atoms with Gasteiger partial charge in [-0.05, 0) is 36.9 Å². The maximum Gasteiger partial charge on any atom is 0.0539 e. The third kappa shape index (κ3) is 5.13. The summed E-state index contributed by atoms with van der Waals surface area (Å²) in [4.78, 5) is 2.27. The van der Waals surface area contributed by atoms with Gasteiger partial charge < -0.3 is 0 Å². The maximum absolute atomic E-state index is 3.45. The summed E-state index contributed by atoms with van der Waals surface area (Å²) in [5.74, 6) is 0.741. The van der Waals surface area contributed by atoms with Crippen LogP contribution < -0.4 is 0 Å². The molecule has 0 spiro atoms. The van der Waals surface area contributed by atoms with Crippen molar-refractivity contribution in [3.8, 4) is 0 Å². The fraction of sp³-hybridized carbons (Fsp3) is 0.571. The Morgan fingerprint density at radius 3 is 2.19 bits per heavy atom. The minimum Gasteiger partial charge on any atom is -0.296 e. The number of hydrogen-bond donors (Lipinski definition) is 0. The van der Waals surface area contributed by atoms with Crippen molar-refractivity contribution in [2.45, 2.75) is 26.7 Å². The second kappa shape index (κ2) is 7.08. The molecule has 0 aliphatic heterocycles. The molecule has 0 saturated heterocycles. The Kier molecular flexibility index (Phi) is 6.07. The lowest BCUT2D eigenvalue weighted by molar-refractivity contribution is 0.401. The summed E-state index contributed by atoms with van der Waals surface area (Å²) in [6.07, 6.45) is 2.31. The molecule has 0 atom stereocenters. The SMILES string of the molecule is CC(C)Cc1ccc(CCN(C)CBr)cc1. The van der Waals surface area contributed by atoms with Gasteiger partial charge in [0.15, 0.2) is 0 Å². The number of benzene rings is 1. The normalized spacial score (nSPS) is 11.4. The van der Waals surface area contributed by atoms with Gasteiger partial charge in [-0.1, -0.05) is 54.0 Å². The van der Waals surface area contributed by atoms with Crippen LogP contribution in [0.4, 0.5) is 0 Å². The maximum atomic E-state index is 3.45. The van der Waals surface area contributed by atoms with E-state index >= 15 is 0 Å². The fourth-order valence-electron chi connectivity index (χ4n) is 1.69. The van der Waals surface area contributed by atoms with E-state index in [0.29, 0.717) is 0 Å². The van der Waals surface area contributed by atoms with Crippen molar-refractivity contribution in [1.29, 1.82) is 0 Å². The molecular formula is C14H22BrN. The molecule has 0 saturated carbocycles. The van der Waals surface area contributed by atoms with E-state index in [1.165, 1.54) is 17.5 Å². The van der Waals surface area contributed by atoms with Crippen LogP contribution >= 0.6 is 15.9 Å². The van der Waals surface area contributed by atoms with E-state index in [4.69, 9.17) is 0 Å². The molecule has 0 fully saturated rings. The molecule has 1 rings (SSSR count). The van der Waals surface area contributed by atoms with Crippen molar-refractivity contribution in [1.82, 2.24) is 4.90 Å². The first-order chi connectivity index (χ1) is 7.61.